The van der Waals surface area contributed by atoms with Gasteiger partial charge in [-0.2, -0.15) is 0 Å². The Kier molecular flexibility index (Phi) is 6.63. The highest BCUT2D eigenvalue weighted by Gasteiger charge is 2.26. The van der Waals surface area contributed by atoms with Crippen molar-refractivity contribution in [1.82, 2.24) is 30.1 Å². The number of likely N-dealkylation sites (tertiary alicyclic amines) is 1. The standard InChI is InChI=1S/C23H28N6O3/c1-16-21(27-32-26-16)13-25-22(30)12-19-4-3-10-29(15-19)23(31)20-7-5-18(6-8-20)14-28-11-9-24-17(28)2/h5-9,11,19H,3-4,10,12-15H2,1-2H3,(H,25,30)/t19-/m0/s1. The zero-order valence-electron chi connectivity index (χ0n) is 18.5. The van der Waals surface area contributed by atoms with Gasteiger partial charge in [-0.25, -0.2) is 9.61 Å². The maximum absolute atomic E-state index is 13.0. The van der Waals surface area contributed by atoms with Gasteiger partial charge in [-0.05, 0) is 50.3 Å². The first-order chi connectivity index (χ1) is 15.5. The zero-order valence-corrected chi connectivity index (χ0v) is 18.5. The number of hydrogen-bond acceptors (Lipinski definition) is 6. The monoisotopic (exact) mass is 436 g/mol. The molecule has 0 aliphatic carbocycles. The third-order valence-electron chi connectivity index (χ3n) is 5.96. The van der Waals surface area contributed by atoms with Crippen LogP contribution in [0.1, 0.15) is 52.4 Å². The topological polar surface area (TPSA) is 106 Å². The molecule has 1 aliphatic rings. The van der Waals surface area contributed by atoms with Crippen molar-refractivity contribution in [2.75, 3.05) is 13.1 Å². The van der Waals surface area contributed by atoms with Gasteiger partial charge in [0, 0.05) is 44.0 Å². The summed E-state index contributed by atoms with van der Waals surface area (Å²) >= 11 is 0. The van der Waals surface area contributed by atoms with Crippen molar-refractivity contribution in [1.29, 1.82) is 0 Å². The predicted octanol–water partition coefficient (Wildman–Crippen LogP) is 2.49. The van der Waals surface area contributed by atoms with E-state index in [1.807, 2.05) is 42.3 Å². The van der Waals surface area contributed by atoms with Crippen LogP contribution in [-0.4, -0.2) is 49.7 Å². The van der Waals surface area contributed by atoms with Gasteiger partial charge in [0.25, 0.3) is 5.91 Å². The lowest BCUT2D eigenvalue weighted by molar-refractivity contribution is -0.122. The van der Waals surface area contributed by atoms with E-state index in [1.165, 1.54) is 0 Å². The number of carbonyl (C=O) groups is 2. The van der Waals surface area contributed by atoms with Crippen LogP contribution in [0.2, 0.25) is 0 Å². The lowest BCUT2D eigenvalue weighted by Gasteiger charge is -2.32. The average molecular weight is 437 g/mol. The summed E-state index contributed by atoms with van der Waals surface area (Å²) in [6.45, 7) is 6.09. The second-order valence-corrected chi connectivity index (χ2v) is 8.34. The van der Waals surface area contributed by atoms with Crippen LogP contribution in [0.25, 0.3) is 0 Å². The van der Waals surface area contributed by atoms with Crippen LogP contribution in [0.15, 0.2) is 41.3 Å². The molecule has 2 amide bonds. The van der Waals surface area contributed by atoms with Gasteiger partial charge < -0.3 is 14.8 Å². The lowest BCUT2D eigenvalue weighted by atomic mass is 9.94. The van der Waals surface area contributed by atoms with Crippen molar-refractivity contribution in [2.24, 2.45) is 5.92 Å². The van der Waals surface area contributed by atoms with Crippen molar-refractivity contribution < 1.29 is 14.2 Å². The van der Waals surface area contributed by atoms with Crippen LogP contribution < -0.4 is 5.32 Å². The molecule has 1 saturated heterocycles. The van der Waals surface area contributed by atoms with Gasteiger partial charge in [0.2, 0.25) is 5.91 Å². The zero-order chi connectivity index (χ0) is 22.5. The quantitative estimate of drug-likeness (QED) is 0.610. The molecule has 0 unspecified atom stereocenters. The molecule has 0 bridgehead atoms. The SMILES string of the molecule is Cc1nonc1CNC(=O)C[C@@H]1CCCN(C(=O)c2ccc(Cn3ccnc3C)cc2)C1. The molecule has 3 heterocycles. The van der Waals surface area contributed by atoms with E-state index in [1.54, 1.807) is 13.1 Å². The molecule has 1 fully saturated rings. The van der Waals surface area contributed by atoms with Crippen LogP contribution in [0.5, 0.6) is 0 Å². The highest BCUT2D eigenvalue weighted by atomic mass is 16.6. The number of benzene rings is 1. The fourth-order valence-electron chi connectivity index (χ4n) is 4.05. The first-order valence-corrected chi connectivity index (χ1v) is 10.9. The van der Waals surface area contributed by atoms with Crippen LogP contribution in [0.4, 0.5) is 0 Å². The summed E-state index contributed by atoms with van der Waals surface area (Å²) in [5.74, 6) is 1.07. The first kappa shape index (κ1) is 21.7. The van der Waals surface area contributed by atoms with E-state index in [0.29, 0.717) is 36.5 Å². The summed E-state index contributed by atoms with van der Waals surface area (Å²) in [4.78, 5) is 31.5. The van der Waals surface area contributed by atoms with Gasteiger partial charge in [0.15, 0.2) is 0 Å². The van der Waals surface area contributed by atoms with Crippen LogP contribution in [0, 0.1) is 19.8 Å². The Bertz CT molecular complexity index is 1070. The summed E-state index contributed by atoms with van der Waals surface area (Å²) in [5, 5.41) is 10.4. The fraction of sp³-hybridized carbons (Fsp3) is 0.435. The molecule has 1 N–H and O–H groups in total. The molecule has 4 rings (SSSR count). The molecule has 9 nitrogen and oxygen atoms in total. The Morgan fingerprint density at radius 2 is 2.00 bits per heavy atom. The molecule has 1 atom stereocenters. The number of amides is 2. The van der Waals surface area contributed by atoms with Gasteiger partial charge in [-0.1, -0.05) is 22.4 Å². The van der Waals surface area contributed by atoms with Gasteiger partial charge in [0.05, 0.1) is 6.54 Å². The number of hydrogen-bond donors (Lipinski definition) is 1. The average Bonchev–Trinajstić information content (AvgIpc) is 3.40. The van der Waals surface area contributed by atoms with E-state index < -0.39 is 0 Å². The van der Waals surface area contributed by atoms with Crippen molar-refractivity contribution in [3.63, 3.8) is 0 Å². The second-order valence-electron chi connectivity index (χ2n) is 8.34. The Balaban J connectivity index is 1.29. The minimum atomic E-state index is -0.0501. The highest BCUT2D eigenvalue weighted by molar-refractivity contribution is 5.94. The second kappa shape index (κ2) is 9.76. The van der Waals surface area contributed by atoms with E-state index in [0.717, 1.165) is 37.3 Å². The summed E-state index contributed by atoms with van der Waals surface area (Å²) in [6, 6.07) is 7.74. The van der Waals surface area contributed by atoms with E-state index in [9.17, 15) is 9.59 Å². The molecular weight excluding hydrogens is 408 g/mol. The van der Waals surface area contributed by atoms with Crippen LogP contribution in [-0.2, 0) is 17.9 Å². The number of nitrogens with one attached hydrogen (secondary N) is 1. The number of nitrogens with zero attached hydrogens (tertiary/aromatic N) is 5. The predicted molar refractivity (Wildman–Crippen MR) is 117 cm³/mol. The summed E-state index contributed by atoms with van der Waals surface area (Å²) < 4.78 is 6.72. The van der Waals surface area contributed by atoms with E-state index in [-0.39, 0.29) is 17.7 Å². The molecule has 9 heteroatoms. The number of imidazole rings is 1. The Labute approximate surface area is 186 Å². The summed E-state index contributed by atoms with van der Waals surface area (Å²) in [5.41, 5.74) is 3.10. The van der Waals surface area contributed by atoms with Gasteiger partial charge in [0.1, 0.15) is 17.2 Å². The van der Waals surface area contributed by atoms with Crippen LogP contribution in [0.3, 0.4) is 0 Å². The maximum atomic E-state index is 13.0. The highest BCUT2D eigenvalue weighted by Crippen LogP contribution is 2.22. The molecule has 2 aromatic heterocycles. The molecule has 0 saturated carbocycles. The Hall–Kier alpha value is -3.49. The van der Waals surface area contributed by atoms with Gasteiger partial charge in [-0.15, -0.1) is 0 Å². The molecule has 3 aromatic rings. The van der Waals surface area contributed by atoms with Crippen molar-refractivity contribution in [3.8, 4) is 0 Å². The van der Waals surface area contributed by atoms with Crippen molar-refractivity contribution in [3.05, 3.63) is 65.0 Å². The minimum Gasteiger partial charge on any atom is -0.350 e. The third kappa shape index (κ3) is 5.22. The maximum Gasteiger partial charge on any atom is 0.253 e. The smallest absolute Gasteiger partial charge is 0.253 e. The Morgan fingerprint density at radius 1 is 1.19 bits per heavy atom. The Morgan fingerprint density at radius 3 is 2.69 bits per heavy atom. The van der Waals surface area contributed by atoms with Gasteiger partial charge in [-0.3, -0.25) is 9.59 Å². The van der Waals surface area contributed by atoms with Gasteiger partial charge >= 0.3 is 0 Å². The number of aromatic nitrogens is 4. The number of rotatable bonds is 7. The molecule has 32 heavy (non-hydrogen) atoms. The number of carbonyl (C=O) groups excluding carboxylic acids is 2. The van der Waals surface area contributed by atoms with E-state index in [4.69, 9.17) is 0 Å². The molecular formula is C23H28N6O3. The largest absolute Gasteiger partial charge is 0.350 e. The number of piperidine rings is 1. The molecule has 0 spiro atoms. The molecule has 0 radical (unpaired) electrons. The van der Waals surface area contributed by atoms with E-state index >= 15 is 0 Å². The summed E-state index contributed by atoms with van der Waals surface area (Å²) in [7, 11) is 0. The van der Waals surface area contributed by atoms with Crippen molar-refractivity contribution in [2.45, 2.75) is 46.2 Å². The number of aryl methyl sites for hydroxylation is 2. The minimum absolute atomic E-state index is 0.0183. The molecule has 1 aromatic carbocycles. The van der Waals surface area contributed by atoms with Crippen LogP contribution >= 0.6 is 0 Å². The molecule has 168 valence electrons. The van der Waals surface area contributed by atoms with E-state index in [2.05, 4.69) is 29.8 Å². The molecule has 1 aliphatic heterocycles. The first-order valence-electron chi connectivity index (χ1n) is 10.9. The third-order valence-corrected chi connectivity index (χ3v) is 5.96. The normalized spacial score (nSPS) is 16.2. The lowest BCUT2D eigenvalue weighted by Crippen LogP contribution is -2.41. The fourth-order valence-corrected chi connectivity index (χ4v) is 4.05. The summed E-state index contributed by atoms with van der Waals surface area (Å²) in [6.07, 6.45) is 5.95. The van der Waals surface area contributed by atoms with Crippen molar-refractivity contribution >= 4 is 11.8 Å².